The third kappa shape index (κ3) is 2.63. The summed E-state index contributed by atoms with van der Waals surface area (Å²) in [5.41, 5.74) is 8.72. The lowest BCUT2D eigenvalue weighted by atomic mass is 9.99. The van der Waals surface area contributed by atoms with E-state index >= 15 is 0 Å². The fraction of sp³-hybridized carbons (Fsp3) is 0.0667. The molecule has 4 heteroatoms. The van der Waals surface area contributed by atoms with E-state index in [0.717, 1.165) is 14.5 Å². The summed E-state index contributed by atoms with van der Waals surface area (Å²) in [6, 6.07) is 14.5. The van der Waals surface area contributed by atoms with E-state index < -0.39 is 0 Å². The first-order valence-corrected chi connectivity index (χ1v) is 8.29. The number of halogens is 2. The highest BCUT2D eigenvalue weighted by Crippen LogP contribution is 2.33. The van der Waals surface area contributed by atoms with Crippen molar-refractivity contribution in [2.45, 2.75) is 6.04 Å². The quantitative estimate of drug-likeness (QED) is 0.610. The monoisotopic (exact) mass is 395 g/mol. The first kappa shape index (κ1) is 13.3. The molecule has 19 heavy (non-hydrogen) atoms. The molecule has 96 valence electrons. The van der Waals surface area contributed by atoms with Crippen LogP contribution in [0.15, 0.2) is 56.8 Å². The molecule has 3 rings (SSSR count). The molecule has 3 aromatic rings. The number of fused-ring (bicyclic) bond motifs is 1. The molecule has 2 N–H and O–H groups in total. The van der Waals surface area contributed by atoms with Crippen LogP contribution < -0.4 is 5.73 Å². The van der Waals surface area contributed by atoms with Crippen molar-refractivity contribution in [2.75, 3.05) is 0 Å². The van der Waals surface area contributed by atoms with E-state index in [4.69, 9.17) is 5.73 Å². The Balaban J connectivity index is 2.13. The molecule has 1 unspecified atom stereocenters. The summed E-state index contributed by atoms with van der Waals surface area (Å²) in [4.78, 5) is 0. The van der Waals surface area contributed by atoms with Gasteiger partial charge < -0.3 is 5.73 Å². The third-order valence-corrected chi connectivity index (χ3v) is 4.98. The zero-order valence-corrected chi connectivity index (χ0v) is 13.9. The summed E-state index contributed by atoms with van der Waals surface area (Å²) in [5, 5.41) is 3.37. The van der Waals surface area contributed by atoms with E-state index in [1.54, 1.807) is 11.3 Å². The van der Waals surface area contributed by atoms with Gasteiger partial charge >= 0.3 is 0 Å². The topological polar surface area (TPSA) is 26.0 Å². The summed E-state index contributed by atoms with van der Waals surface area (Å²) in [5.74, 6) is 0. The molecule has 1 nitrogen and oxygen atoms in total. The second-order valence-electron chi connectivity index (χ2n) is 4.37. The first-order chi connectivity index (χ1) is 9.15. The largest absolute Gasteiger partial charge is 0.320 e. The van der Waals surface area contributed by atoms with Gasteiger partial charge in [0.1, 0.15) is 0 Å². The van der Waals surface area contributed by atoms with Gasteiger partial charge in [-0.15, -0.1) is 11.3 Å². The van der Waals surface area contributed by atoms with Gasteiger partial charge in [0.2, 0.25) is 0 Å². The number of hydrogen-bond acceptors (Lipinski definition) is 2. The van der Waals surface area contributed by atoms with Crippen molar-refractivity contribution in [3.63, 3.8) is 0 Å². The molecular weight excluding hydrogens is 386 g/mol. The van der Waals surface area contributed by atoms with Crippen molar-refractivity contribution in [1.82, 2.24) is 0 Å². The van der Waals surface area contributed by atoms with Crippen LogP contribution in [0.2, 0.25) is 0 Å². The lowest BCUT2D eigenvalue weighted by Crippen LogP contribution is -2.12. The SMILES string of the molecule is NC(c1cc(Br)cc(Br)c1)c1cccc2ccsc12. The van der Waals surface area contributed by atoms with Gasteiger partial charge in [0.15, 0.2) is 0 Å². The average Bonchev–Trinajstić information content (AvgIpc) is 2.84. The zero-order valence-electron chi connectivity index (χ0n) is 9.94. The fourth-order valence-corrected chi connectivity index (χ4v) is 4.48. The maximum atomic E-state index is 6.44. The molecule has 0 fully saturated rings. The van der Waals surface area contributed by atoms with Gasteiger partial charge in [-0.1, -0.05) is 50.1 Å². The summed E-state index contributed by atoms with van der Waals surface area (Å²) < 4.78 is 3.34. The molecule has 0 bridgehead atoms. The van der Waals surface area contributed by atoms with Crippen molar-refractivity contribution < 1.29 is 0 Å². The number of benzene rings is 2. The molecule has 0 saturated carbocycles. The zero-order chi connectivity index (χ0) is 13.4. The fourth-order valence-electron chi connectivity index (χ4n) is 2.20. The van der Waals surface area contributed by atoms with Crippen LogP contribution in [0.25, 0.3) is 10.1 Å². The highest BCUT2D eigenvalue weighted by atomic mass is 79.9. The Bertz CT molecular complexity index is 716. The third-order valence-electron chi connectivity index (χ3n) is 3.09. The second kappa shape index (κ2) is 5.37. The lowest BCUT2D eigenvalue weighted by molar-refractivity contribution is 0.880. The predicted molar refractivity (Wildman–Crippen MR) is 89.7 cm³/mol. The summed E-state index contributed by atoms with van der Waals surface area (Å²) in [7, 11) is 0. The van der Waals surface area contributed by atoms with Gasteiger partial charge in [0.05, 0.1) is 6.04 Å². The molecule has 0 saturated heterocycles. The van der Waals surface area contributed by atoms with Crippen LogP contribution in [0.1, 0.15) is 17.2 Å². The van der Waals surface area contributed by atoms with Crippen LogP contribution in [-0.4, -0.2) is 0 Å². The molecule has 0 radical (unpaired) electrons. The molecule has 0 aliphatic rings. The number of nitrogens with two attached hydrogens (primary N) is 1. The van der Waals surface area contributed by atoms with Gasteiger partial charge in [-0.05, 0) is 46.2 Å². The summed E-state index contributed by atoms with van der Waals surface area (Å²) in [6.45, 7) is 0. The van der Waals surface area contributed by atoms with Crippen LogP contribution >= 0.6 is 43.2 Å². The Labute approximate surface area is 132 Å². The van der Waals surface area contributed by atoms with E-state index in [1.807, 2.05) is 6.07 Å². The van der Waals surface area contributed by atoms with Crippen LogP contribution in [0.3, 0.4) is 0 Å². The number of thiophene rings is 1. The van der Waals surface area contributed by atoms with E-state index in [1.165, 1.54) is 15.6 Å². The molecule has 2 aromatic carbocycles. The Morgan fingerprint density at radius 3 is 2.47 bits per heavy atom. The maximum absolute atomic E-state index is 6.44. The van der Waals surface area contributed by atoms with Crippen LogP contribution in [0, 0.1) is 0 Å². The highest BCUT2D eigenvalue weighted by molar-refractivity contribution is 9.11. The van der Waals surface area contributed by atoms with E-state index in [2.05, 4.69) is 73.6 Å². The molecule has 1 heterocycles. The Morgan fingerprint density at radius 1 is 1.00 bits per heavy atom. The smallest absolute Gasteiger partial charge is 0.0566 e. The van der Waals surface area contributed by atoms with Gasteiger partial charge in [-0.2, -0.15) is 0 Å². The number of rotatable bonds is 2. The normalized spacial score (nSPS) is 12.8. The summed E-state index contributed by atoms with van der Waals surface area (Å²) in [6.07, 6.45) is 0. The predicted octanol–water partition coefficient (Wildman–Crippen LogP) is 5.47. The minimum absolute atomic E-state index is 0.115. The lowest BCUT2D eigenvalue weighted by Gasteiger charge is -2.14. The minimum atomic E-state index is -0.115. The van der Waals surface area contributed by atoms with Crippen molar-refractivity contribution >= 4 is 53.3 Å². The van der Waals surface area contributed by atoms with Gasteiger partial charge in [-0.25, -0.2) is 0 Å². The maximum Gasteiger partial charge on any atom is 0.0566 e. The molecule has 1 aromatic heterocycles. The Morgan fingerprint density at radius 2 is 1.74 bits per heavy atom. The van der Waals surface area contributed by atoms with E-state index in [-0.39, 0.29) is 6.04 Å². The van der Waals surface area contributed by atoms with Crippen molar-refractivity contribution in [3.8, 4) is 0 Å². The molecular formula is C15H11Br2NS. The molecule has 0 amide bonds. The van der Waals surface area contributed by atoms with E-state index in [9.17, 15) is 0 Å². The average molecular weight is 397 g/mol. The van der Waals surface area contributed by atoms with Gasteiger partial charge in [-0.3, -0.25) is 0 Å². The van der Waals surface area contributed by atoms with Gasteiger partial charge in [0, 0.05) is 13.6 Å². The number of hydrogen-bond donors (Lipinski definition) is 1. The minimum Gasteiger partial charge on any atom is -0.320 e. The standard InChI is InChI=1S/C15H11Br2NS/c16-11-6-10(7-12(17)8-11)14(18)13-3-1-2-9-4-5-19-15(9)13/h1-8,14H,18H2. The van der Waals surface area contributed by atoms with E-state index in [0.29, 0.717) is 0 Å². The molecule has 1 atom stereocenters. The van der Waals surface area contributed by atoms with Gasteiger partial charge in [0.25, 0.3) is 0 Å². The van der Waals surface area contributed by atoms with Crippen molar-refractivity contribution in [1.29, 1.82) is 0 Å². The Hall–Kier alpha value is -0.680. The molecule has 0 aliphatic heterocycles. The van der Waals surface area contributed by atoms with Crippen molar-refractivity contribution in [3.05, 3.63) is 67.9 Å². The first-order valence-electron chi connectivity index (χ1n) is 5.83. The second-order valence-corrected chi connectivity index (χ2v) is 7.11. The Kier molecular flexibility index (Phi) is 3.76. The summed E-state index contributed by atoms with van der Waals surface area (Å²) >= 11 is 8.77. The molecule has 0 spiro atoms. The van der Waals surface area contributed by atoms with Crippen LogP contribution in [-0.2, 0) is 0 Å². The van der Waals surface area contributed by atoms with Crippen molar-refractivity contribution in [2.24, 2.45) is 5.73 Å². The van der Waals surface area contributed by atoms with Crippen LogP contribution in [0.5, 0.6) is 0 Å². The molecule has 0 aliphatic carbocycles. The van der Waals surface area contributed by atoms with Crippen LogP contribution in [0.4, 0.5) is 0 Å². The highest BCUT2D eigenvalue weighted by Gasteiger charge is 2.13.